The van der Waals surface area contributed by atoms with E-state index in [1.807, 2.05) is 46.8 Å². The minimum atomic E-state index is -2.02. The third-order valence-corrected chi connectivity index (χ3v) is 6.87. The highest BCUT2D eigenvalue weighted by Gasteiger charge is 2.35. The van der Waals surface area contributed by atoms with Gasteiger partial charge < -0.3 is 25.4 Å². The van der Waals surface area contributed by atoms with Gasteiger partial charge in [-0.1, -0.05) is 36.4 Å². The van der Waals surface area contributed by atoms with Crippen molar-refractivity contribution in [1.82, 2.24) is 20.1 Å². The Bertz CT molecular complexity index is 1460. The summed E-state index contributed by atoms with van der Waals surface area (Å²) in [7, 11) is 1.68. The Morgan fingerprint density at radius 2 is 1.86 bits per heavy atom. The summed E-state index contributed by atoms with van der Waals surface area (Å²) in [5.74, 6) is 0.926. The molecule has 0 spiro atoms. The molecule has 0 saturated heterocycles. The maximum Gasteiger partial charge on any atom is 0.410 e. The van der Waals surface area contributed by atoms with Crippen LogP contribution in [0.4, 0.5) is 26.8 Å². The van der Waals surface area contributed by atoms with Gasteiger partial charge in [-0.2, -0.15) is 4.98 Å². The molecule has 0 aliphatic carbocycles. The number of ether oxygens (including phenoxy) is 2. The van der Waals surface area contributed by atoms with E-state index in [1.54, 1.807) is 51.2 Å². The van der Waals surface area contributed by atoms with E-state index >= 15 is 4.39 Å². The van der Waals surface area contributed by atoms with Crippen LogP contribution in [0.5, 0.6) is 5.75 Å². The van der Waals surface area contributed by atoms with Crippen molar-refractivity contribution in [2.45, 2.75) is 65.3 Å². The third-order valence-electron chi connectivity index (χ3n) is 6.57. The predicted octanol–water partition coefficient (Wildman–Crippen LogP) is 7.79. The highest BCUT2D eigenvalue weighted by Crippen LogP contribution is 2.45. The van der Waals surface area contributed by atoms with Gasteiger partial charge in [0.15, 0.2) is 5.67 Å². The molecule has 1 aromatic heterocycles. The topological polar surface area (TPSA) is 118 Å². The zero-order valence-electron chi connectivity index (χ0n) is 25.4. The number of nitrogen functional groups attached to an aromatic ring is 1. The van der Waals surface area contributed by atoms with Gasteiger partial charge in [-0.3, -0.25) is 0 Å². The molecule has 1 atom stereocenters. The fourth-order valence-electron chi connectivity index (χ4n) is 4.06. The summed E-state index contributed by atoms with van der Waals surface area (Å²) in [5, 5.41) is 9.85. The van der Waals surface area contributed by atoms with E-state index in [9.17, 15) is 4.79 Å². The van der Waals surface area contributed by atoms with Crippen LogP contribution in [0.15, 0.2) is 60.7 Å². The number of nitrogens with zero attached hydrogens (tertiary/aromatic N) is 3. The normalized spacial score (nSPS) is 13.5. The molecule has 0 aliphatic rings. The smallest absolute Gasteiger partial charge is 0.410 e. The number of likely N-dealkylation sites (N-methyl/N-ethyl adjacent to an activating group) is 1. The molecular formula is C31H40ClFN6O3. The second-order valence-electron chi connectivity index (χ2n) is 11.7. The Hall–Kier alpha value is -4.05. The highest BCUT2D eigenvalue weighted by atomic mass is 35.5. The van der Waals surface area contributed by atoms with E-state index in [0.717, 1.165) is 0 Å². The quantitative estimate of drug-likeness (QED) is 0.204. The highest BCUT2D eigenvalue weighted by molar-refractivity contribution is 6.34. The summed E-state index contributed by atoms with van der Waals surface area (Å²) in [4.78, 5) is 18.1. The first kappa shape index (κ1) is 32.5. The molecule has 0 radical (unpaired) electrons. The Morgan fingerprint density at radius 1 is 1.21 bits per heavy atom. The molecule has 0 saturated carbocycles. The summed E-state index contributed by atoms with van der Waals surface area (Å²) in [6.07, 6.45) is 2.64. The Morgan fingerprint density at radius 3 is 2.38 bits per heavy atom. The first-order chi connectivity index (χ1) is 19.5. The van der Waals surface area contributed by atoms with Crippen molar-refractivity contribution in [3.8, 4) is 16.9 Å². The molecule has 0 fully saturated rings. The number of rotatable bonds is 10. The third kappa shape index (κ3) is 7.61. The summed E-state index contributed by atoms with van der Waals surface area (Å²) < 4.78 is 28.2. The minimum absolute atomic E-state index is 0.137. The van der Waals surface area contributed by atoms with E-state index in [1.165, 1.54) is 11.0 Å². The first-order valence-electron chi connectivity index (χ1n) is 13.4. The minimum Gasteiger partial charge on any atom is -0.491 e. The molecule has 11 heteroatoms. The number of hydrogen-bond acceptors (Lipinski definition) is 7. The monoisotopic (exact) mass is 598 g/mol. The predicted molar refractivity (Wildman–Crippen MR) is 167 cm³/mol. The van der Waals surface area contributed by atoms with Crippen LogP contribution in [0.25, 0.3) is 11.1 Å². The van der Waals surface area contributed by atoms with Crippen molar-refractivity contribution < 1.29 is 18.7 Å². The molecule has 1 heterocycles. The number of halogens is 2. The van der Waals surface area contributed by atoms with Crippen molar-refractivity contribution in [3.63, 3.8) is 0 Å². The lowest BCUT2D eigenvalue weighted by Gasteiger charge is -2.36. The van der Waals surface area contributed by atoms with E-state index in [2.05, 4.69) is 27.1 Å². The van der Waals surface area contributed by atoms with Gasteiger partial charge in [0.25, 0.3) is 0 Å². The lowest BCUT2D eigenvalue weighted by Crippen LogP contribution is -2.50. The lowest BCUT2D eigenvalue weighted by molar-refractivity contribution is 0.00263. The van der Waals surface area contributed by atoms with E-state index in [-0.39, 0.29) is 24.1 Å². The molecule has 3 rings (SSSR count). The Labute approximate surface area is 251 Å². The second kappa shape index (κ2) is 12.4. The number of allylic oxidation sites excluding steroid dienone is 3. The van der Waals surface area contributed by atoms with Gasteiger partial charge in [-0.25, -0.2) is 14.3 Å². The number of carbonyl (C=O) groups excluding carboxylic acids is 1. The number of carbonyl (C=O) groups is 1. The second-order valence-corrected chi connectivity index (χ2v) is 12.1. The summed E-state index contributed by atoms with van der Waals surface area (Å²) in [6, 6.07) is 10.5. The average molecular weight is 599 g/mol. The Kier molecular flexibility index (Phi) is 9.62. The molecule has 1 amide bonds. The van der Waals surface area contributed by atoms with Crippen molar-refractivity contribution >= 4 is 35.3 Å². The van der Waals surface area contributed by atoms with Crippen molar-refractivity contribution in [2.24, 2.45) is 0 Å². The van der Waals surface area contributed by atoms with Crippen LogP contribution in [0, 0.1) is 0 Å². The van der Waals surface area contributed by atoms with Crippen molar-refractivity contribution in [1.29, 1.82) is 0 Å². The molecule has 9 nitrogen and oxygen atoms in total. The number of nitrogens with one attached hydrogen (secondary N) is 2. The molecule has 4 N–H and O–H groups in total. The number of nitrogens with two attached hydrogens (primary N) is 1. The molecule has 3 aromatic rings. The molecule has 2 aromatic carbocycles. The summed E-state index contributed by atoms with van der Waals surface area (Å²) in [5.41, 5.74) is 4.58. The number of H-pyrrole nitrogens is 1. The zero-order chi connectivity index (χ0) is 31.5. The maximum absolute atomic E-state index is 16.7. The van der Waals surface area contributed by atoms with E-state index in [0.29, 0.717) is 33.1 Å². The van der Waals surface area contributed by atoms with Gasteiger partial charge in [-0.05, 0) is 89.9 Å². The number of amides is 1. The van der Waals surface area contributed by atoms with Crippen LogP contribution in [-0.2, 0) is 10.4 Å². The fraction of sp³-hybridized carbons (Fsp3) is 0.387. The number of hydrogen-bond donors (Lipinski definition) is 3. The molecular weight excluding hydrogens is 559 g/mol. The number of anilines is 3. The standard InChI is InChI=1S/C31H40ClFN6O3/c1-10-15-31(33,19(2)3)23-16-21(35-27-36-26(34)37-38-27)17-24(32)25(23)20-11-13-22(14-12-20)41-18-30(7,8)39(9)28(40)42-29(4,5)6/h10-17H,2,18H2,1,3-9H3,(H4,34,35,36,37,38). The summed E-state index contributed by atoms with van der Waals surface area (Å²) in [6.45, 7) is 16.7. The number of aromatic amines is 1. The number of aromatic nitrogens is 3. The van der Waals surface area contributed by atoms with Crippen LogP contribution in [-0.4, -0.2) is 51.0 Å². The maximum atomic E-state index is 16.7. The van der Waals surface area contributed by atoms with E-state index < -0.39 is 22.9 Å². The fourth-order valence-corrected chi connectivity index (χ4v) is 4.39. The lowest BCUT2D eigenvalue weighted by atomic mass is 9.83. The van der Waals surface area contributed by atoms with Gasteiger partial charge in [0.2, 0.25) is 11.9 Å². The van der Waals surface area contributed by atoms with Crippen molar-refractivity contribution in [3.05, 3.63) is 71.3 Å². The van der Waals surface area contributed by atoms with Crippen LogP contribution < -0.4 is 15.8 Å². The Balaban J connectivity index is 1.94. The largest absolute Gasteiger partial charge is 0.491 e. The number of alkyl halides is 1. The van der Waals surface area contributed by atoms with Crippen LogP contribution in [0.1, 0.15) is 54.0 Å². The van der Waals surface area contributed by atoms with Crippen LogP contribution >= 0.6 is 11.6 Å². The number of benzene rings is 2. The zero-order valence-corrected chi connectivity index (χ0v) is 26.2. The molecule has 1 unspecified atom stereocenters. The van der Waals surface area contributed by atoms with Gasteiger partial charge in [-0.15, -0.1) is 5.10 Å². The molecule has 0 aliphatic heterocycles. The van der Waals surface area contributed by atoms with Gasteiger partial charge in [0.1, 0.15) is 18.0 Å². The van der Waals surface area contributed by atoms with Crippen LogP contribution in [0.3, 0.4) is 0 Å². The first-order valence-corrected chi connectivity index (χ1v) is 13.8. The molecule has 0 bridgehead atoms. The van der Waals surface area contributed by atoms with Gasteiger partial charge in [0, 0.05) is 23.9 Å². The van der Waals surface area contributed by atoms with Crippen LogP contribution in [0.2, 0.25) is 5.02 Å². The van der Waals surface area contributed by atoms with Crippen molar-refractivity contribution in [2.75, 3.05) is 24.7 Å². The SMILES string of the molecule is C=C(C)C(F)(C=CC)c1cc(Nc2n[nH]c(N)n2)cc(Cl)c1-c1ccc(OCC(C)(C)N(C)C(=O)OC(C)(C)C)cc1. The molecule has 226 valence electrons. The van der Waals surface area contributed by atoms with Gasteiger partial charge >= 0.3 is 6.09 Å². The average Bonchev–Trinajstić information content (AvgIpc) is 3.30. The van der Waals surface area contributed by atoms with Gasteiger partial charge in [0.05, 0.1) is 10.6 Å². The summed E-state index contributed by atoms with van der Waals surface area (Å²) >= 11 is 6.81. The van der Waals surface area contributed by atoms with E-state index in [4.69, 9.17) is 26.8 Å². The molecule has 42 heavy (non-hydrogen) atoms.